The van der Waals surface area contributed by atoms with Crippen LogP contribution < -0.4 is 11.5 Å². The van der Waals surface area contributed by atoms with Crippen LogP contribution in [0.2, 0.25) is 0 Å². The zero-order valence-electron chi connectivity index (χ0n) is 8.52. The van der Waals surface area contributed by atoms with E-state index in [1.54, 1.807) is 0 Å². The molecule has 9 heteroatoms. The van der Waals surface area contributed by atoms with Crippen molar-refractivity contribution in [2.75, 3.05) is 7.11 Å². The van der Waals surface area contributed by atoms with Gasteiger partial charge >= 0.3 is 18.1 Å². The number of rotatable bonds is 3. The van der Waals surface area contributed by atoms with E-state index in [0.717, 1.165) is 7.11 Å². The number of ether oxygens (including phenoxy) is 1. The summed E-state index contributed by atoms with van der Waals surface area (Å²) in [6, 6.07) is 0. The Labute approximate surface area is 92.7 Å². The van der Waals surface area contributed by atoms with E-state index in [0.29, 0.717) is 6.08 Å². The van der Waals surface area contributed by atoms with Crippen molar-refractivity contribution >= 4 is 5.97 Å². The number of methoxy groups -OCH3 is 1. The van der Waals surface area contributed by atoms with Gasteiger partial charge < -0.3 is 16.2 Å². The van der Waals surface area contributed by atoms with Crippen LogP contribution >= 0.6 is 0 Å². The fraction of sp³-hybridized carbons (Fsp3) is 0.375. The number of carbonyl (C=O) groups is 1. The highest BCUT2D eigenvalue weighted by Crippen LogP contribution is 2.38. The molecule has 0 unspecified atom stereocenters. The molecule has 4 nitrogen and oxygen atoms in total. The van der Waals surface area contributed by atoms with Crippen LogP contribution in [-0.2, 0) is 9.53 Å². The van der Waals surface area contributed by atoms with Crippen LogP contribution in [0, 0.1) is 0 Å². The maximum atomic E-state index is 12.6. The molecule has 0 spiro atoms. The Kier molecular flexibility index (Phi) is 4.49. The van der Waals surface area contributed by atoms with Crippen LogP contribution in [0.5, 0.6) is 0 Å². The molecule has 0 aliphatic heterocycles. The molecule has 98 valence electrons. The zero-order chi connectivity index (χ0) is 13.9. The molecule has 0 aliphatic rings. The van der Waals surface area contributed by atoms with Crippen molar-refractivity contribution in [2.45, 2.75) is 12.1 Å². The average molecular weight is 260 g/mol. The topological polar surface area (TPSA) is 78.3 Å². The quantitative estimate of drug-likeness (QED) is 0.344. The van der Waals surface area contributed by atoms with Gasteiger partial charge in [-0.1, -0.05) is 0 Å². The van der Waals surface area contributed by atoms with Gasteiger partial charge in [0.15, 0.2) is 0 Å². The van der Waals surface area contributed by atoms with Crippen LogP contribution in [0.25, 0.3) is 0 Å². The van der Waals surface area contributed by atoms with Crippen molar-refractivity contribution in [3.8, 4) is 0 Å². The van der Waals surface area contributed by atoms with Gasteiger partial charge in [0.05, 0.1) is 12.8 Å². The minimum atomic E-state index is -5.82. The maximum absolute atomic E-state index is 12.6. The molecular weight excluding hydrogens is 251 g/mol. The van der Waals surface area contributed by atoms with Crippen molar-refractivity contribution in [1.29, 1.82) is 0 Å². The third kappa shape index (κ3) is 3.61. The Morgan fingerprint density at radius 3 is 1.94 bits per heavy atom. The van der Waals surface area contributed by atoms with Gasteiger partial charge in [-0.25, -0.2) is 4.79 Å². The molecule has 0 fully saturated rings. The lowest BCUT2D eigenvalue weighted by atomic mass is 10.2. The van der Waals surface area contributed by atoms with Crippen LogP contribution in [0.3, 0.4) is 0 Å². The first-order chi connectivity index (χ1) is 7.54. The Morgan fingerprint density at radius 2 is 1.59 bits per heavy atom. The smallest absolute Gasteiger partial charge is 0.459 e. The summed E-state index contributed by atoms with van der Waals surface area (Å²) in [7, 11) is 0.959. The average Bonchev–Trinajstić information content (AvgIpc) is 2.22. The second-order valence-electron chi connectivity index (χ2n) is 2.81. The molecule has 0 rings (SSSR count). The van der Waals surface area contributed by atoms with Crippen molar-refractivity contribution in [1.82, 2.24) is 0 Å². The Balaban J connectivity index is 5.07. The number of hydrogen-bond donors (Lipinski definition) is 2. The third-order valence-electron chi connectivity index (χ3n) is 1.58. The van der Waals surface area contributed by atoms with Crippen LogP contribution in [0.15, 0.2) is 23.5 Å². The van der Waals surface area contributed by atoms with Gasteiger partial charge in [0.25, 0.3) is 0 Å². The molecule has 0 saturated heterocycles. The standard InChI is InChI=1S/C8H9F5N2O2/c1-17-6(16)4(14)2-3-5(15)7(9,10)8(11,12)13/h2-3H,14-15H2,1H3/b4-2-,5-3-. The van der Waals surface area contributed by atoms with E-state index in [1.165, 1.54) is 0 Å². The van der Waals surface area contributed by atoms with E-state index in [-0.39, 0.29) is 6.08 Å². The first kappa shape index (κ1) is 15.2. The molecule has 0 aromatic carbocycles. The lowest BCUT2D eigenvalue weighted by Crippen LogP contribution is -2.41. The molecule has 0 radical (unpaired) electrons. The molecule has 0 amide bonds. The Bertz CT molecular complexity index is 359. The lowest BCUT2D eigenvalue weighted by Gasteiger charge is -2.19. The Morgan fingerprint density at radius 1 is 1.12 bits per heavy atom. The highest BCUT2D eigenvalue weighted by Gasteiger charge is 2.59. The number of halogens is 5. The van der Waals surface area contributed by atoms with E-state index in [1.807, 2.05) is 0 Å². The van der Waals surface area contributed by atoms with Crippen molar-refractivity contribution < 1.29 is 31.5 Å². The molecule has 0 aromatic heterocycles. The van der Waals surface area contributed by atoms with Gasteiger partial charge in [0.2, 0.25) is 0 Å². The van der Waals surface area contributed by atoms with E-state index >= 15 is 0 Å². The summed E-state index contributed by atoms with van der Waals surface area (Å²) in [5.74, 6) is -6.27. The zero-order valence-corrected chi connectivity index (χ0v) is 8.52. The fourth-order valence-electron chi connectivity index (χ4n) is 0.634. The third-order valence-corrected chi connectivity index (χ3v) is 1.58. The number of allylic oxidation sites excluding steroid dienone is 3. The summed E-state index contributed by atoms with van der Waals surface area (Å²) < 4.78 is 64.6. The number of esters is 1. The minimum Gasteiger partial charge on any atom is -0.464 e. The molecule has 0 bridgehead atoms. The monoisotopic (exact) mass is 260 g/mol. The summed E-state index contributed by atoms with van der Waals surface area (Å²) in [6.07, 6.45) is -5.12. The predicted molar refractivity (Wildman–Crippen MR) is 47.6 cm³/mol. The molecule has 0 atom stereocenters. The van der Waals surface area contributed by atoms with Gasteiger partial charge in [-0.2, -0.15) is 22.0 Å². The molecule has 0 aromatic rings. The summed E-state index contributed by atoms with van der Waals surface area (Å²) in [4.78, 5) is 10.7. The van der Waals surface area contributed by atoms with Crippen molar-refractivity contribution in [3.05, 3.63) is 23.5 Å². The van der Waals surface area contributed by atoms with Gasteiger partial charge in [-0.3, -0.25) is 0 Å². The SMILES string of the molecule is COC(=O)/C(N)=C/C=C(\N)C(F)(F)C(F)(F)F. The van der Waals surface area contributed by atoms with Gasteiger partial charge in [-0.05, 0) is 12.2 Å². The second-order valence-corrected chi connectivity index (χ2v) is 2.81. The molecule has 0 aliphatic carbocycles. The highest BCUT2D eigenvalue weighted by atomic mass is 19.4. The van der Waals surface area contributed by atoms with Crippen molar-refractivity contribution in [3.63, 3.8) is 0 Å². The number of carbonyl (C=O) groups excluding carboxylic acids is 1. The van der Waals surface area contributed by atoms with Crippen LogP contribution in [0.1, 0.15) is 0 Å². The molecule has 17 heavy (non-hydrogen) atoms. The number of hydrogen-bond acceptors (Lipinski definition) is 4. The van der Waals surface area contributed by atoms with E-state index in [4.69, 9.17) is 5.73 Å². The normalized spacial score (nSPS) is 14.7. The number of nitrogens with two attached hydrogens (primary N) is 2. The maximum Gasteiger partial charge on any atom is 0.459 e. The number of alkyl halides is 5. The summed E-state index contributed by atoms with van der Waals surface area (Å²) in [6.45, 7) is 0. The highest BCUT2D eigenvalue weighted by molar-refractivity contribution is 5.87. The minimum absolute atomic E-state index is 0.194. The summed E-state index contributed by atoms with van der Waals surface area (Å²) in [5.41, 5.74) is 7.12. The summed E-state index contributed by atoms with van der Waals surface area (Å²) >= 11 is 0. The molecule has 4 N–H and O–H groups in total. The predicted octanol–water partition coefficient (Wildman–Crippen LogP) is 1.04. The lowest BCUT2D eigenvalue weighted by molar-refractivity contribution is -0.264. The van der Waals surface area contributed by atoms with E-state index < -0.39 is 29.5 Å². The molecular formula is C8H9F5N2O2. The first-order valence-electron chi connectivity index (χ1n) is 4.00. The fourth-order valence-corrected chi connectivity index (χ4v) is 0.634. The van der Waals surface area contributed by atoms with Crippen LogP contribution in [0.4, 0.5) is 22.0 Å². The first-order valence-corrected chi connectivity index (χ1v) is 4.00. The van der Waals surface area contributed by atoms with Gasteiger partial charge in [0.1, 0.15) is 5.70 Å². The Hall–Kier alpha value is -1.80. The van der Waals surface area contributed by atoms with Gasteiger partial charge in [0, 0.05) is 0 Å². The van der Waals surface area contributed by atoms with Crippen LogP contribution in [-0.4, -0.2) is 25.2 Å². The summed E-state index contributed by atoms with van der Waals surface area (Å²) in [5, 5.41) is 0. The van der Waals surface area contributed by atoms with Crippen molar-refractivity contribution in [2.24, 2.45) is 11.5 Å². The largest absolute Gasteiger partial charge is 0.464 e. The second kappa shape index (κ2) is 5.02. The molecule has 0 saturated carbocycles. The van der Waals surface area contributed by atoms with E-state index in [2.05, 4.69) is 10.5 Å². The van der Waals surface area contributed by atoms with E-state index in [9.17, 15) is 26.7 Å². The molecule has 0 heterocycles. The van der Waals surface area contributed by atoms with Gasteiger partial charge in [-0.15, -0.1) is 0 Å².